The highest BCUT2D eigenvalue weighted by atomic mass is 32.1. The molecule has 4 nitrogen and oxygen atoms in total. The molecular formula is C17H18FN3OS. The number of nitrogens with zero attached hydrogens (tertiary/aromatic N) is 2. The van der Waals surface area contributed by atoms with Gasteiger partial charge < -0.3 is 10.2 Å². The van der Waals surface area contributed by atoms with Gasteiger partial charge in [-0.1, -0.05) is 0 Å². The number of nitrogens with one attached hydrogen (secondary N) is 1. The van der Waals surface area contributed by atoms with E-state index < -0.39 is 0 Å². The molecule has 6 heteroatoms. The molecule has 2 fully saturated rings. The molecule has 1 saturated heterocycles. The van der Waals surface area contributed by atoms with Crippen molar-refractivity contribution < 1.29 is 9.18 Å². The summed E-state index contributed by atoms with van der Waals surface area (Å²) < 4.78 is 13.0. The molecular weight excluding hydrogens is 313 g/mol. The maximum Gasteiger partial charge on any atom is 0.227 e. The predicted octanol–water partition coefficient (Wildman–Crippen LogP) is 2.52. The minimum atomic E-state index is -0.251. The van der Waals surface area contributed by atoms with E-state index in [2.05, 4.69) is 10.3 Å². The van der Waals surface area contributed by atoms with Crippen LogP contribution in [0.25, 0.3) is 10.6 Å². The standard InChI is InChI=1S/C17H18FN3OS/c1-21(17(22)14-7-19-15-6-13(14)15)8-12-9-23-16(20-12)10-2-4-11(18)5-3-10/h2-5,9,13-15,19H,6-8H2,1H3. The van der Waals surface area contributed by atoms with Crippen molar-refractivity contribution in [2.75, 3.05) is 13.6 Å². The number of rotatable bonds is 4. The summed E-state index contributed by atoms with van der Waals surface area (Å²) in [6, 6.07) is 6.90. The summed E-state index contributed by atoms with van der Waals surface area (Å²) in [6.45, 7) is 1.32. The van der Waals surface area contributed by atoms with Crippen molar-refractivity contribution in [2.45, 2.75) is 19.0 Å². The van der Waals surface area contributed by atoms with Crippen LogP contribution >= 0.6 is 11.3 Å². The third kappa shape index (κ3) is 2.88. The number of benzene rings is 1. The first kappa shape index (κ1) is 14.8. The molecule has 0 spiro atoms. The number of hydrogen-bond donors (Lipinski definition) is 1. The van der Waals surface area contributed by atoms with Crippen LogP contribution in [0.4, 0.5) is 4.39 Å². The first-order valence-electron chi connectivity index (χ1n) is 7.80. The summed E-state index contributed by atoms with van der Waals surface area (Å²) >= 11 is 1.52. The van der Waals surface area contributed by atoms with Crippen LogP contribution in [0, 0.1) is 17.7 Å². The molecule has 3 atom stereocenters. The van der Waals surface area contributed by atoms with E-state index in [1.54, 1.807) is 17.0 Å². The zero-order valence-corrected chi connectivity index (χ0v) is 13.6. The van der Waals surface area contributed by atoms with Crippen molar-refractivity contribution in [1.29, 1.82) is 0 Å². The van der Waals surface area contributed by atoms with Gasteiger partial charge in [-0.3, -0.25) is 4.79 Å². The van der Waals surface area contributed by atoms with Crippen LogP contribution in [0.2, 0.25) is 0 Å². The lowest BCUT2D eigenvalue weighted by Gasteiger charge is -2.20. The summed E-state index contributed by atoms with van der Waals surface area (Å²) in [5.41, 5.74) is 1.78. The molecule has 2 aromatic rings. The van der Waals surface area contributed by atoms with Crippen molar-refractivity contribution >= 4 is 17.2 Å². The first-order chi connectivity index (χ1) is 11.1. The largest absolute Gasteiger partial charge is 0.340 e. The van der Waals surface area contributed by atoms with E-state index in [4.69, 9.17) is 0 Å². The molecule has 1 saturated carbocycles. The van der Waals surface area contributed by atoms with Gasteiger partial charge in [0.15, 0.2) is 0 Å². The first-order valence-corrected chi connectivity index (χ1v) is 8.68. The number of aromatic nitrogens is 1. The lowest BCUT2D eigenvalue weighted by Crippen LogP contribution is -2.35. The Morgan fingerprint density at radius 1 is 1.43 bits per heavy atom. The number of carbonyl (C=O) groups excluding carboxylic acids is 1. The van der Waals surface area contributed by atoms with Gasteiger partial charge in [-0.25, -0.2) is 9.37 Å². The van der Waals surface area contributed by atoms with E-state index in [1.807, 2.05) is 12.4 Å². The molecule has 120 valence electrons. The van der Waals surface area contributed by atoms with Crippen LogP contribution in [0.1, 0.15) is 12.1 Å². The van der Waals surface area contributed by atoms with E-state index >= 15 is 0 Å². The molecule has 1 aromatic carbocycles. The van der Waals surface area contributed by atoms with Crippen LogP contribution in [0.3, 0.4) is 0 Å². The minimum absolute atomic E-state index is 0.125. The molecule has 2 heterocycles. The molecule has 4 rings (SSSR count). The van der Waals surface area contributed by atoms with Gasteiger partial charge in [0.25, 0.3) is 0 Å². The average Bonchev–Trinajstić information content (AvgIpc) is 2.98. The second kappa shape index (κ2) is 5.69. The summed E-state index contributed by atoms with van der Waals surface area (Å²) in [7, 11) is 1.84. The lowest BCUT2D eigenvalue weighted by molar-refractivity contribution is -0.134. The number of amides is 1. The van der Waals surface area contributed by atoms with Gasteiger partial charge in [0.2, 0.25) is 5.91 Å². The molecule has 1 amide bonds. The number of thiazole rings is 1. The highest BCUT2D eigenvalue weighted by Crippen LogP contribution is 2.43. The molecule has 1 aliphatic carbocycles. The zero-order chi connectivity index (χ0) is 16.0. The average molecular weight is 331 g/mol. The van der Waals surface area contributed by atoms with Crippen molar-refractivity contribution in [3.05, 3.63) is 41.2 Å². The van der Waals surface area contributed by atoms with Gasteiger partial charge in [0.05, 0.1) is 18.2 Å². The minimum Gasteiger partial charge on any atom is -0.340 e. The van der Waals surface area contributed by atoms with Crippen molar-refractivity contribution in [3.63, 3.8) is 0 Å². The van der Waals surface area contributed by atoms with Crippen molar-refractivity contribution in [2.24, 2.45) is 11.8 Å². The van der Waals surface area contributed by atoms with Gasteiger partial charge >= 0.3 is 0 Å². The Hall–Kier alpha value is -1.79. The fraction of sp³-hybridized carbons (Fsp3) is 0.412. The van der Waals surface area contributed by atoms with Crippen molar-refractivity contribution in [1.82, 2.24) is 15.2 Å². The Balaban J connectivity index is 1.42. The van der Waals surface area contributed by atoms with Crippen LogP contribution in [-0.2, 0) is 11.3 Å². The molecule has 1 aliphatic heterocycles. The predicted molar refractivity (Wildman–Crippen MR) is 87.4 cm³/mol. The van der Waals surface area contributed by atoms with Crippen molar-refractivity contribution in [3.8, 4) is 10.6 Å². The number of piperidine rings is 1. The Morgan fingerprint density at radius 2 is 2.22 bits per heavy atom. The lowest BCUT2D eigenvalue weighted by atomic mass is 10.0. The van der Waals surface area contributed by atoms with Gasteiger partial charge in [-0.05, 0) is 36.6 Å². The van der Waals surface area contributed by atoms with Gasteiger partial charge in [-0.15, -0.1) is 11.3 Å². The topological polar surface area (TPSA) is 45.2 Å². The third-order valence-electron chi connectivity index (χ3n) is 4.69. The zero-order valence-electron chi connectivity index (χ0n) is 12.8. The normalized spacial score (nSPS) is 25.2. The highest BCUT2D eigenvalue weighted by Gasteiger charge is 2.51. The quantitative estimate of drug-likeness (QED) is 0.936. The molecule has 0 bridgehead atoms. The maximum absolute atomic E-state index is 13.0. The fourth-order valence-electron chi connectivity index (χ4n) is 3.30. The van der Waals surface area contributed by atoms with Gasteiger partial charge in [-0.2, -0.15) is 0 Å². The second-order valence-corrected chi connectivity index (χ2v) is 7.22. The number of carbonyl (C=O) groups is 1. The Kier molecular flexibility index (Phi) is 3.66. The third-order valence-corrected chi connectivity index (χ3v) is 5.63. The molecule has 1 N–H and O–H groups in total. The van der Waals surface area contributed by atoms with E-state index in [-0.39, 0.29) is 17.6 Å². The van der Waals surface area contributed by atoms with E-state index in [0.29, 0.717) is 18.5 Å². The van der Waals surface area contributed by atoms with Crippen LogP contribution in [-0.4, -0.2) is 35.4 Å². The van der Waals surface area contributed by atoms with Gasteiger partial charge in [0, 0.05) is 30.6 Å². The SMILES string of the molecule is CN(Cc1csc(-c2ccc(F)cc2)n1)C(=O)C1CNC2CC21. The molecule has 2 aliphatic rings. The van der Waals surface area contributed by atoms with Crippen LogP contribution in [0.5, 0.6) is 0 Å². The van der Waals surface area contributed by atoms with Crippen LogP contribution < -0.4 is 5.32 Å². The Labute approximate surface area is 138 Å². The molecule has 3 unspecified atom stereocenters. The smallest absolute Gasteiger partial charge is 0.227 e. The summed E-state index contributed by atoms with van der Waals surface area (Å²) in [5.74, 6) is 0.619. The van der Waals surface area contributed by atoms with Gasteiger partial charge in [0.1, 0.15) is 10.8 Å². The summed E-state index contributed by atoms with van der Waals surface area (Å²) in [5, 5.41) is 6.20. The van der Waals surface area contributed by atoms with Crippen LogP contribution in [0.15, 0.2) is 29.6 Å². The molecule has 23 heavy (non-hydrogen) atoms. The summed E-state index contributed by atoms with van der Waals surface area (Å²) in [6.07, 6.45) is 1.13. The summed E-state index contributed by atoms with van der Waals surface area (Å²) in [4.78, 5) is 18.9. The number of halogens is 1. The second-order valence-electron chi connectivity index (χ2n) is 6.37. The fourth-order valence-corrected chi connectivity index (χ4v) is 4.12. The number of hydrogen-bond acceptors (Lipinski definition) is 4. The monoisotopic (exact) mass is 331 g/mol. The maximum atomic E-state index is 13.0. The van der Waals surface area contributed by atoms with E-state index in [9.17, 15) is 9.18 Å². The Bertz CT molecular complexity index is 730. The van der Waals surface area contributed by atoms with E-state index in [1.165, 1.54) is 23.5 Å². The molecule has 1 aromatic heterocycles. The highest BCUT2D eigenvalue weighted by molar-refractivity contribution is 7.13. The van der Waals surface area contributed by atoms with E-state index in [0.717, 1.165) is 29.2 Å². The molecule has 0 radical (unpaired) electrons. The Morgan fingerprint density at radius 3 is 2.87 bits per heavy atom. The number of fused-ring (bicyclic) bond motifs is 1.